The summed E-state index contributed by atoms with van der Waals surface area (Å²) >= 11 is 0. The molecule has 0 atom stereocenters. The highest BCUT2D eigenvalue weighted by molar-refractivity contribution is 5.89. The number of aliphatic carboxylic acids is 2. The number of hydrogen-bond acceptors (Lipinski definition) is 5. The minimum atomic E-state index is -5.08. The number of nitrogens with one attached hydrogen (secondary N) is 2. The van der Waals surface area contributed by atoms with Crippen molar-refractivity contribution in [3.8, 4) is 11.1 Å². The Morgan fingerprint density at radius 1 is 0.881 bits per heavy atom. The molecule has 0 saturated carbocycles. The summed E-state index contributed by atoms with van der Waals surface area (Å²) in [5, 5.41) is 24.0. The van der Waals surface area contributed by atoms with E-state index in [1.54, 1.807) is 6.20 Å². The molecule has 3 aromatic rings. The van der Waals surface area contributed by atoms with E-state index in [-0.39, 0.29) is 6.03 Å². The van der Waals surface area contributed by atoms with Crippen molar-refractivity contribution in [3.63, 3.8) is 0 Å². The zero-order chi connectivity index (χ0) is 32.1. The molecule has 2 amide bonds. The van der Waals surface area contributed by atoms with Crippen LogP contribution in [0, 0.1) is 6.92 Å². The Hall–Kier alpha value is -4.60. The van der Waals surface area contributed by atoms with Crippen LogP contribution in [-0.4, -0.2) is 87.7 Å². The van der Waals surface area contributed by atoms with Crippen molar-refractivity contribution >= 4 is 23.7 Å². The molecule has 0 unspecified atom stereocenters. The number of carbonyl (C=O) groups excluding carboxylic acids is 1. The van der Waals surface area contributed by atoms with Crippen molar-refractivity contribution in [3.05, 3.63) is 72.1 Å². The van der Waals surface area contributed by atoms with E-state index in [1.165, 1.54) is 5.56 Å². The molecule has 3 rings (SSSR count). The van der Waals surface area contributed by atoms with E-state index in [0.717, 1.165) is 28.9 Å². The van der Waals surface area contributed by atoms with E-state index >= 15 is 0 Å². The molecule has 1 heterocycles. The number of rotatable bonds is 7. The van der Waals surface area contributed by atoms with Gasteiger partial charge in [0.25, 0.3) is 0 Å². The normalized spacial score (nSPS) is 11.0. The van der Waals surface area contributed by atoms with E-state index in [2.05, 4.69) is 45.5 Å². The number of urea groups is 1. The van der Waals surface area contributed by atoms with Crippen LogP contribution in [0.15, 0.2) is 60.9 Å². The maximum absolute atomic E-state index is 12.9. The Balaban J connectivity index is 0.000000522. The Morgan fingerprint density at radius 2 is 1.43 bits per heavy atom. The van der Waals surface area contributed by atoms with Gasteiger partial charge in [-0.1, -0.05) is 42.0 Å². The highest BCUT2D eigenvalue weighted by Gasteiger charge is 2.38. The number of aromatic amines is 1. The van der Waals surface area contributed by atoms with Crippen molar-refractivity contribution in [1.29, 1.82) is 0 Å². The number of halogens is 6. The largest absolute Gasteiger partial charge is 0.490 e. The number of hydrogen-bond donors (Lipinski definition) is 4. The standard InChI is InChI=1S/C22H27N5O.2C2HF3O2/c1-17-5-4-6-18(13-17)16-27(12-11-26(2)3)22(28)25-21-9-7-19(8-10-21)20-14-23-24-15-20;2*3-2(4,5)1(6)7/h4-10,13-15H,11-12,16H2,1-3H3,(H,23,24)(H,25,28);2*(H,6,7). The zero-order valence-corrected chi connectivity index (χ0v) is 22.6. The van der Waals surface area contributed by atoms with Gasteiger partial charge >= 0.3 is 30.3 Å². The van der Waals surface area contributed by atoms with Gasteiger partial charge in [-0.25, -0.2) is 14.4 Å². The van der Waals surface area contributed by atoms with Crippen LogP contribution in [0.3, 0.4) is 0 Å². The average Bonchev–Trinajstić information content (AvgIpc) is 3.41. The van der Waals surface area contributed by atoms with Crippen LogP contribution < -0.4 is 5.32 Å². The molecule has 16 heteroatoms. The summed E-state index contributed by atoms with van der Waals surface area (Å²) in [4.78, 5) is 34.6. The summed E-state index contributed by atoms with van der Waals surface area (Å²) in [5.74, 6) is -5.51. The number of aromatic nitrogens is 2. The van der Waals surface area contributed by atoms with E-state index < -0.39 is 24.3 Å². The summed E-state index contributed by atoms with van der Waals surface area (Å²) in [6.45, 7) is 4.10. The summed E-state index contributed by atoms with van der Waals surface area (Å²) in [6, 6.07) is 16.0. The summed E-state index contributed by atoms with van der Waals surface area (Å²) < 4.78 is 63.5. The molecule has 0 aliphatic heterocycles. The first-order chi connectivity index (χ1) is 19.4. The van der Waals surface area contributed by atoms with Gasteiger partial charge < -0.3 is 25.3 Å². The van der Waals surface area contributed by atoms with Gasteiger partial charge in [0.05, 0.1) is 6.20 Å². The van der Waals surface area contributed by atoms with Gasteiger partial charge in [-0.2, -0.15) is 31.4 Å². The van der Waals surface area contributed by atoms with Crippen molar-refractivity contribution in [2.75, 3.05) is 32.5 Å². The second-order valence-corrected chi connectivity index (χ2v) is 8.81. The van der Waals surface area contributed by atoms with Crippen LogP contribution in [0.5, 0.6) is 0 Å². The van der Waals surface area contributed by atoms with Gasteiger partial charge in [0.15, 0.2) is 0 Å². The number of alkyl halides is 6. The van der Waals surface area contributed by atoms with Gasteiger partial charge in [0.2, 0.25) is 0 Å². The fraction of sp³-hybridized carbons (Fsp3) is 0.308. The van der Waals surface area contributed by atoms with Crippen molar-refractivity contribution in [2.24, 2.45) is 0 Å². The summed E-state index contributed by atoms with van der Waals surface area (Å²) in [5.41, 5.74) is 5.17. The third-order valence-electron chi connectivity index (χ3n) is 5.01. The van der Waals surface area contributed by atoms with E-state index in [0.29, 0.717) is 13.1 Å². The molecule has 42 heavy (non-hydrogen) atoms. The van der Waals surface area contributed by atoms with Crippen LogP contribution in [0.2, 0.25) is 0 Å². The molecular weight excluding hydrogens is 576 g/mol. The lowest BCUT2D eigenvalue weighted by atomic mass is 10.1. The molecule has 0 bridgehead atoms. The number of nitrogens with zero attached hydrogens (tertiary/aromatic N) is 3. The minimum Gasteiger partial charge on any atom is -0.475 e. The molecule has 4 N–H and O–H groups in total. The Morgan fingerprint density at radius 3 is 1.86 bits per heavy atom. The number of carboxylic acids is 2. The molecule has 0 radical (unpaired) electrons. The third kappa shape index (κ3) is 13.6. The van der Waals surface area contributed by atoms with Crippen molar-refractivity contribution in [2.45, 2.75) is 25.8 Å². The van der Waals surface area contributed by atoms with Gasteiger partial charge in [0, 0.05) is 37.1 Å². The smallest absolute Gasteiger partial charge is 0.475 e. The fourth-order valence-corrected chi connectivity index (χ4v) is 2.96. The van der Waals surface area contributed by atoms with Gasteiger partial charge in [0.1, 0.15) is 0 Å². The first kappa shape index (κ1) is 35.4. The second-order valence-electron chi connectivity index (χ2n) is 8.81. The topological polar surface area (TPSA) is 139 Å². The highest BCUT2D eigenvalue weighted by atomic mass is 19.4. The molecule has 0 aliphatic rings. The number of carboxylic acid groups (broad SMARTS) is 2. The minimum absolute atomic E-state index is 0.0978. The maximum atomic E-state index is 12.9. The molecule has 0 aliphatic carbocycles. The van der Waals surface area contributed by atoms with Crippen molar-refractivity contribution in [1.82, 2.24) is 20.0 Å². The predicted molar refractivity (Wildman–Crippen MR) is 141 cm³/mol. The monoisotopic (exact) mass is 605 g/mol. The average molecular weight is 606 g/mol. The van der Waals surface area contributed by atoms with Gasteiger partial charge in [-0.15, -0.1) is 0 Å². The molecule has 0 saturated heterocycles. The van der Waals surface area contributed by atoms with Crippen LogP contribution in [-0.2, 0) is 16.1 Å². The number of amides is 2. The van der Waals surface area contributed by atoms with Crippen LogP contribution in [0.25, 0.3) is 11.1 Å². The highest BCUT2D eigenvalue weighted by Crippen LogP contribution is 2.20. The molecule has 10 nitrogen and oxygen atoms in total. The number of H-pyrrole nitrogens is 1. The van der Waals surface area contributed by atoms with E-state index in [9.17, 15) is 31.1 Å². The Bertz CT molecular complexity index is 1260. The first-order valence-electron chi connectivity index (χ1n) is 11.9. The molecule has 2 aromatic carbocycles. The number of carbonyl (C=O) groups is 3. The summed E-state index contributed by atoms with van der Waals surface area (Å²) in [7, 11) is 4.02. The SMILES string of the molecule is Cc1cccc(CN(CCN(C)C)C(=O)Nc2ccc(-c3cn[nH]c3)cc2)c1.O=C(O)C(F)(F)F.O=C(O)C(F)(F)F. The number of aryl methyl sites for hydroxylation is 1. The Labute approximate surface area is 236 Å². The lowest BCUT2D eigenvalue weighted by molar-refractivity contribution is -0.193. The first-order valence-corrected chi connectivity index (χ1v) is 11.9. The van der Waals surface area contributed by atoms with Gasteiger partial charge in [-0.05, 0) is 44.3 Å². The number of likely N-dealkylation sites (N-methyl/N-ethyl adjacent to an activating group) is 1. The lowest BCUT2D eigenvalue weighted by Gasteiger charge is -2.25. The maximum Gasteiger partial charge on any atom is 0.490 e. The molecule has 0 spiro atoms. The van der Waals surface area contributed by atoms with Crippen LogP contribution in [0.1, 0.15) is 11.1 Å². The Kier molecular flexibility index (Phi) is 13.5. The lowest BCUT2D eigenvalue weighted by Crippen LogP contribution is -2.39. The second kappa shape index (κ2) is 16.0. The third-order valence-corrected chi connectivity index (χ3v) is 5.01. The predicted octanol–water partition coefficient (Wildman–Crippen LogP) is 5.25. The molecule has 0 fully saturated rings. The number of benzene rings is 2. The zero-order valence-electron chi connectivity index (χ0n) is 22.6. The molecular formula is C26H29F6N5O5. The van der Waals surface area contributed by atoms with Crippen LogP contribution >= 0.6 is 0 Å². The van der Waals surface area contributed by atoms with E-state index in [4.69, 9.17) is 19.8 Å². The summed E-state index contributed by atoms with van der Waals surface area (Å²) in [6.07, 6.45) is -6.54. The fourth-order valence-electron chi connectivity index (χ4n) is 2.96. The van der Waals surface area contributed by atoms with E-state index in [1.807, 2.05) is 55.5 Å². The molecule has 230 valence electrons. The van der Waals surface area contributed by atoms with Crippen LogP contribution in [0.4, 0.5) is 36.8 Å². The van der Waals surface area contributed by atoms with Gasteiger partial charge in [-0.3, -0.25) is 5.10 Å². The quantitative estimate of drug-likeness (QED) is 0.270. The number of anilines is 1. The molecule has 1 aromatic heterocycles. The van der Waals surface area contributed by atoms with Crippen molar-refractivity contribution < 1.29 is 50.9 Å².